The van der Waals surface area contributed by atoms with Crippen LogP contribution >= 0.6 is 0 Å². The molecule has 0 bridgehead atoms. The summed E-state index contributed by atoms with van der Waals surface area (Å²) >= 11 is 0. The Hall–Kier alpha value is -3.90. The third kappa shape index (κ3) is 7.60. The van der Waals surface area contributed by atoms with E-state index in [-0.39, 0.29) is 11.8 Å². The molecule has 0 saturated carbocycles. The monoisotopic (exact) mass is 456 g/mol. The predicted molar refractivity (Wildman–Crippen MR) is 139 cm³/mol. The van der Waals surface area contributed by atoms with E-state index >= 15 is 0 Å². The quantitative estimate of drug-likeness (QED) is 0.192. The summed E-state index contributed by atoms with van der Waals surface area (Å²) in [7, 11) is 0. The lowest BCUT2D eigenvalue weighted by molar-refractivity contribution is -0.123. The van der Waals surface area contributed by atoms with Crippen molar-refractivity contribution in [2.45, 2.75) is 32.4 Å². The smallest absolute Gasteiger partial charge is 0.248 e. The van der Waals surface area contributed by atoms with Gasteiger partial charge in [0.15, 0.2) is 0 Å². The van der Waals surface area contributed by atoms with Gasteiger partial charge >= 0.3 is 0 Å². The van der Waals surface area contributed by atoms with E-state index in [1.54, 1.807) is 18.2 Å². The number of carbonyl (C=O) groups is 2. The van der Waals surface area contributed by atoms with Gasteiger partial charge in [-0.3, -0.25) is 9.59 Å². The van der Waals surface area contributed by atoms with Crippen LogP contribution in [0.3, 0.4) is 0 Å². The number of nitrogens with one attached hydrogen (secondary N) is 3. The summed E-state index contributed by atoms with van der Waals surface area (Å²) in [5.41, 5.74) is 9.75. The van der Waals surface area contributed by atoms with Crippen molar-refractivity contribution in [2.75, 3.05) is 17.6 Å². The number of rotatable bonds is 11. The van der Waals surface area contributed by atoms with Crippen molar-refractivity contribution in [1.82, 2.24) is 10.6 Å². The van der Waals surface area contributed by atoms with Gasteiger partial charge in [-0.1, -0.05) is 80.1 Å². The van der Waals surface area contributed by atoms with Gasteiger partial charge in [0.1, 0.15) is 6.04 Å². The SMILES string of the molecule is CCCCNC(C(=O)NCc1ccccc1)c1ccc(/C=C/C(=O)Nc2ccccc2N)cc1. The minimum absolute atomic E-state index is 0.0666. The Morgan fingerprint density at radius 2 is 1.65 bits per heavy atom. The number of anilines is 2. The Labute approximate surface area is 201 Å². The van der Waals surface area contributed by atoms with Crippen molar-refractivity contribution in [3.63, 3.8) is 0 Å². The molecule has 0 aliphatic heterocycles. The van der Waals surface area contributed by atoms with E-state index in [0.717, 1.165) is 36.1 Å². The number of hydrogen-bond acceptors (Lipinski definition) is 4. The number of amides is 2. The molecule has 176 valence electrons. The van der Waals surface area contributed by atoms with Crippen molar-refractivity contribution in [3.8, 4) is 0 Å². The van der Waals surface area contributed by atoms with Crippen LogP contribution in [0.4, 0.5) is 11.4 Å². The summed E-state index contributed by atoms with van der Waals surface area (Å²) in [6.07, 6.45) is 5.23. The Balaban J connectivity index is 1.63. The van der Waals surface area contributed by atoms with Crippen LogP contribution in [0.2, 0.25) is 0 Å². The molecule has 3 rings (SSSR count). The van der Waals surface area contributed by atoms with E-state index in [4.69, 9.17) is 5.73 Å². The molecule has 34 heavy (non-hydrogen) atoms. The van der Waals surface area contributed by atoms with Gasteiger partial charge in [-0.15, -0.1) is 0 Å². The second-order valence-corrected chi connectivity index (χ2v) is 8.02. The highest BCUT2D eigenvalue weighted by Gasteiger charge is 2.19. The Morgan fingerprint density at radius 3 is 2.35 bits per heavy atom. The Kier molecular flexibility index (Phi) is 9.43. The molecule has 0 radical (unpaired) electrons. The highest BCUT2D eigenvalue weighted by Crippen LogP contribution is 2.18. The van der Waals surface area contributed by atoms with Gasteiger partial charge in [0.25, 0.3) is 0 Å². The zero-order valence-corrected chi connectivity index (χ0v) is 19.5. The molecule has 6 heteroatoms. The fraction of sp³-hybridized carbons (Fsp3) is 0.214. The second-order valence-electron chi connectivity index (χ2n) is 8.02. The first-order valence-electron chi connectivity index (χ1n) is 11.6. The third-order valence-electron chi connectivity index (χ3n) is 5.37. The topological polar surface area (TPSA) is 96.2 Å². The number of benzene rings is 3. The van der Waals surface area contributed by atoms with Gasteiger partial charge in [-0.05, 0) is 47.9 Å². The maximum absolute atomic E-state index is 13.0. The summed E-state index contributed by atoms with van der Waals surface area (Å²) < 4.78 is 0. The van der Waals surface area contributed by atoms with Crippen LogP contribution < -0.4 is 21.7 Å². The summed E-state index contributed by atoms with van der Waals surface area (Å²) in [6.45, 7) is 3.35. The molecule has 0 fully saturated rings. The Morgan fingerprint density at radius 1 is 0.941 bits per heavy atom. The van der Waals surface area contributed by atoms with Crippen LogP contribution in [0.15, 0.2) is 84.9 Å². The van der Waals surface area contributed by atoms with Gasteiger partial charge in [0.2, 0.25) is 11.8 Å². The minimum Gasteiger partial charge on any atom is -0.397 e. The normalized spacial score (nSPS) is 11.8. The molecule has 5 N–H and O–H groups in total. The van der Waals surface area contributed by atoms with Gasteiger partial charge in [-0.25, -0.2) is 0 Å². The molecule has 1 atom stereocenters. The molecule has 0 aliphatic carbocycles. The first-order valence-corrected chi connectivity index (χ1v) is 11.6. The second kappa shape index (κ2) is 13.0. The molecule has 0 aliphatic rings. The number of nitrogen functional groups attached to an aromatic ring is 1. The lowest BCUT2D eigenvalue weighted by Crippen LogP contribution is -2.37. The molecule has 0 saturated heterocycles. The van der Waals surface area contributed by atoms with Crippen LogP contribution in [0, 0.1) is 0 Å². The molecule has 2 amide bonds. The maximum atomic E-state index is 13.0. The highest BCUT2D eigenvalue weighted by molar-refractivity contribution is 6.03. The average Bonchev–Trinajstić information content (AvgIpc) is 2.86. The zero-order chi connectivity index (χ0) is 24.2. The number of nitrogens with two attached hydrogens (primary N) is 1. The number of hydrogen-bond donors (Lipinski definition) is 4. The van der Waals surface area contributed by atoms with Crippen molar-refractivity contribution >= 4 is 29.3 Å². The van der Waals surface area contributed by atoms with Gasteiger partial charge < -0.3 is 21.7 Å². The number of unbranched alkanes of at least 4 members (excludes halogenated alkanes) is 1. The average molecular weight is 457 g/mol. The van der Waals surface area contributed by atoms with E-state index in [1.807, 2.05) is 66.7 Å². The minimum atomic E-state index is -0.447. The molecular weight excluding hydrogens is 424 g/mol. The van der Waals surface area contributed by atoms with E-state index in [0.29, 0.717) is 17.9 Å². The van der Waals surface area contributed by atoms with Crippen molar-refractivity contribution in [3.05, 3.63) is 102 Å². The molecule has 3 aromatic carbocycles. The fourth-order valence-electron chi connectivity index (χ4n) is 3.43. The summed E-state index contributed by atoms with van der Waals surface area (Å²) in [5.74, 6) is -0.329. The van der Waals surface area contributed by atoms with Crippen LogP contribution in [-0.2, 0) is 16.1 Å². The maximum Gasteiger partial charge on any atom is 0.248 e. The van der Waals surface area contributed by atoms with Crippen molar-refractivity contribution in [1.29, 1.82) is 0 Å². The molecule has 3 aromatic rings. The fourth-order valence-corrected chi connectivity index (χ4v) is 3.43. The summed E-state index contributed by atoms with van der Waals surface area (Å²) in [4.78, 5) is 25.2. The van der Waals surface area contributed by atoms with Crippen LogP contribution in [0.1, 0.15) is 42.5 Å². The Bertz CT molecular complexity index is 1090. The van der Waals surface area contributed by atoms with Gasteiger partial charge in [0, 0.05) is 12.6 Å². The van der Waals surface area contributed by atoms with E-state index in [9.17, 15) is 9.59 Å². The van der Waals surface area contributed by atoms with Gasteiger partial charge in [0.05, 0.1) is 11.4 Å². The van der Waals surface area contributed by atoms with E-state index in [2.05, 4.69) is 22.9 Å². The first kappa shape index (κ1) is 24.7. The largest absolute Gasteiger partial charge is 0.397 e. The lowest BCUT2D eigenvalue weighted by Gasteiger charge is -2.19. The molecular formula is C28H32N4O2. The molecule has 0 aromatic heterocycles. The van der Waals surface area contributed by atoms with Crippen molar-refractivity contribution < 1.29 is 9.59 Å². The number of para-hydroxylation sites is 2. The number of carbonyl (C=O) groups excluding carboxylic acids is 2. The first-order chi connectivity index (χ1) is 16.6. The third-order valence-corrected chi connectivity index (χ3v) is 5.37. The van der Waals surface area contributed by atoms with E-state index in [1.165, 1.54) is 6.08 Å². The van der Waals surface area contributed by atoms with Crippen LogP contribution in [0.5, 0.6) is 0 Å². The lowest BCUT2D eigenvalue weighted by atomic mass is 10.0. The highest BCUT2D eigenvalue weighted by atomic mass is 16.2. The van der Waals surface area contributed by atoms with E-state index < -0.39 is 6.04 Å². The van der Waals surface area contributed by atoms with Crippen LogP contribution in [-0.4, -0.2) is 18.4 Å². The molecule has 1 unspecified atom stereocenters. The van der Waals surface area contributed by atoms with Crippen molar-refractivity contribution in [2.24, 2.45) is 0 Å². The molecule has 0 heterocycles. The standard InChI is InChI=1S/C28H32N4O2/c1-2-3-19-30-27(28(34)31-20-22-9-5-4-6-10-22)23-16-13-21(14-17-23)15-18-26(33)32-25-12-8-7-11-24(25)29/h4-18,27,30H,2-3,19-20,29H2,1H3,(H,31,34)(H,32,33)/b18-15+. The zero-order valence-electron chi connectivity index (χ0n) is 19.5. The predicted octanol–water partition coefficient (Wildman–Crippen LogP) is 4.67. The van der Waals surface area contributed by atoms with Gasteiger partial charge in [-0.2, -0.15) is 0 Å². The molecule has 0 spiro atoms. The van der Waals surface area contributed by atoms with Crippen LogP contribution in [0.25, 0.3) is 6.08 Å². The summed E-state index contributed by atoms with van der Waals surface area (Å²) in [5, 5.41) is 9.17. The molecule has 6 nitrogen and oxygen atoms in total. The summed E-state index contributed by atoms with van der Waals surface area (Å²) in [6, 6.07) is 24.1.